The highest BCUT2D eigenvalue weighted by atomic mass is 19.4. The van der Waals surface area contributed by atoms with Gasteiger partial charge < -0.3 is 14.0 Å². The summed E-state index contributed by atoms with van der Waals surface area (Å²) in [6.45, 7) is -0.957. The van der Waals surface area contributed by atoms with Crippen LogP contribution in [0.25, 0.3) is 11.0 Å². The van der Waals surface area contributed by atoms with Crippen molar-refractivity contribution in [3.63, 3.8) is 0 Å². The van der Waals surface area contributed by atoms with Gasteiger partial charge in [-0.05, 0) is 29.8 Å². The van der Waals surface area contributed by atoms with E-state index in [1.807, 2.05) is 0 Å². The van der Waals surface area contributed by atoms with Crippen LogP contribution < -0.4 is 4.74 Å². The number of para-hydroxylation sites is 2. The molecule has 0 aliphatic rings. The summed E-state index contributed by atoms with van der Waals surface area (Å²) >= 11 is 0. The lowest BCUT2D eigenvalue weighted by molar-refractivity contribution is -0.151. The number of esters is 1. The maximum atomic E-state index is 13.6. The summed E-state index contributed by atoms with van der Waals surface area (Å²) in [5.41, 5.74) is 0.625. The van der Waals surface area contributed by atoms with Crippen LogP contribution in [0.5, 0.6) is 5.75 Å². The highest BCUT2D eigenvalue weighted by Crippen LogP contribution is 2.31. The van der Waals surface area contributed by atoms with Crippen LogP contribution in [-0.2, 0) is 28.9 Å². The zero-order chi connectivity index (χ0) is 19.6. The molecular formula is C18H14F4N2O3. The van der Waals surface area contributed by atoms with Crippen LogP contribution in [0.4, 0.5) is 17.6 Å². The zero-order valence-electron chi connectivity index (χ0n) is 14.1. The van der Waals surface area contributed by atoms with E-state index in [4.69, 9.17) is 9.47 Å². The maximum absolute atomic E-state index is 13.6. The third kappa shape index (κ3) is 4.02. The number of imidazole rings is 1. The fourth-order valence-corrected chi connectivity index (χ4v) is 2.59. The number of rotatable bonds is 5. The molecule has 9 heteroatoms. The number of alkyl halides is 3. The molecule has 3 aromatic rings. The number of methoxy groups -OCH3 is 1. The molecule has 27 heavy (non-hydrogen) atoms. The summed E-state index contributed by atoms with van der Waals surface area (Å²) in [6, 6.07) is 9.94. The Labute approximate surface area is 151 Å². The summed E-state index contributed by atoms with van der Waals surface area (Å²) in [4.78, 5) is 15.6. The quantitative estimate of drug-likeness (QED) is 0.495. The number of fused-ring (bicyclic) bond motifs is 1. The van der Waals surface area contributed by atoms with E-state index >= 15 is 0 Å². The summed E-state index contributed by atoms with van der Waals surface area (Å²) in [5, 5.41) is 0. The van der Waals surface area contributed by atoms with Gasteiger partial charge in [-0.3, -0.25) is 4.79 Å². The molecule has 0 atom stereocenters. The Hall–Kier alpha value is -3.10. The topological polar surface area (TPSA) is 53.4 Å². The van der Waals surface area contributed by atoms with Crippen molar-refractivity contribution in [2.75, 3.05) is 7.11 Å². The van der Waals surface area contributed by atoms with Crippen LogP contribution in [0, 0.1) is 5.82 Å². The van der Waals surface area contributed by atoms with Gasteiger partial charge >= 0.3 is 12.1 Å². The van der Waals surface area contributed by atoms with E-state index in [-0.39, 0.29) is 23.4 Å². The zero-order valence-corrected chi connectivity index (χ0v) is 14.1. The van der Waals surface area contributed by atoms with Crippen molar-refractivity contribution >= 4 is 17.0 Å². The predicted octanol–water partition coefficient (Wildman–Crippen LogP) is 3.95. The number of hydrogen-bond donors (Lipinski definition) is 0. The van der Waals surface area contributed by atoms with Crippen LogP contribution >= 0.6 is 0 Å². The van der Waals surface area contributed by atoms with E-state index in [9.17, 15) is 22.4 Å². The Morgan fingerprint density at radius 1 is 1.19 bits per heavy atom. The van der Waals surface area contributed by atoms with Crippen LogP contribution in [0.3, 0.4) is 0 Å². The molecule has 0 unspecified atom stereocenters. The van der Waals surface area contributed by atoms with Gasteiger partial charge in [0.1, 0.15) is 13.2 Å². The average Bonchev–Trinajstić information content (AvgIpc) is 2.99. The van der Waals surface area contributed by atoms with Gasteiger partial charge in [0.15, 0.2) is 11.6 Å². The SMILES string of the molecule is COc1ccc(COC(=O)Cn2c(C(F)(F)F)nc3ccccc32)cc1F. The lowest BCUT2D eigenvalue weighted by atomic mass is 10.2. The van der Waals surface area contributed by atoms with Crippen molar-refractivity contribution in [1.29, 1.82) is 0 Å². The van der Waals surface area contributed by atoms with E-state index in [2.05, 4.69) is 4.98 Å². The van der Waals surface area contributed by atoms with Gasteiger partial charge in [-0.25, -0.2) is 9.37 Å². The largest absolute Gasteiger partial charge is 0.494 e. The lowest BCUT2D eigenvalue weighted by Crippen LogP contribution is -2.20. The first-order chi connectivity index (χ1) is 12.8. The monoisotopic (exact) mass is 382 g/mol. The van der Waals surface area contributed by atoms with Gasteiger partial charge in [0, 0.05) is 0 Å². The molecular weight excluding hydrogens is 368 g/mol. The number of ether oxygens (including phenoxy) is 2. The first kappa shape index (κ1) is 18.7. The van der Waals surface area contributed by atoms with E-state index in [0.29, 0.717) is 5.56 Å². The smallest absolute Gasteiger partial charge is 0.449 e. The van der Waals surface area contributed by atoms with Gasteiger partial charge in [0.2, 0.25) is 5.82 Å². The Morgan fingerprint density at radius 2 is 1.93 bits per heavy atom. The van der Waals surface area contributed by atoms with Gasteiger partial charge in [-0.2, -0.15) is 13.2 Å². The summed E-state index contributed by atoms with van der Waals surface area (Å²) in [6.07, 6.45) is -4.72. The molecule has 3 rings (SSSR count). The summed E-state index contributed by atoms with van der Waals surface area (Å²) in [5.74, 6) is -2.69. The molecule has 0 bridgehead atoms. The molecule has 1 heterocycles. The third-order valence-electron chi connectivity index (χ3n) is 3.81. The van der Waals surface area contributed by atoms with Crippen molar-refractivity contribution in [2.24, 2.45) is 0 Å². The van der Waals surface area contributed by atoms with Crippen LogP contribution in [-0.4, -0.2) is 22.6 Å². The molecule has 5 nitrogen and oxygen atoms in total. The van der Waals surface area contributed by atoms with E-state index < -0.39 is 30.3 Å². The minimum absolute atomic E-state index is 0.0322. The molecule has 2 aromatic carbocycles. The van der Waals surface area contributed by atoms with Gasteiger partial charge in [0.25, 0.3) is 0 Å². The van der Waals surface area contributed by atoms with E-state index in [0.717, 1.165) is 10.6 Å². The number of aromatic nitrogens is 2. The minimum atomic E-state index is -4.72. The normalized spacial score (nSPS) is 11.6. The van der Waals surface area contributed by atoms with E-state index in [1.165, 1.54) is 31.4 Å². The Bertz CT molecular complexity index is 982. The van der Waals surface area contributed by atoms with Crippen molar-refractivity contribution in [3.05, 3.63) is 59.7 Å². The van der Waals surface area contributed by atoms with Gasteiger partial charge in [-0.1, -0.05) is 18.2 Å². The second kappa shape index (κ2) is 7.26. The maximum Gasteiger partial charge on any atom is 0.449 e. The summed E-state index contributed by atoms with van der Waals surface area (Å²) < 4.78 is 63.8. The van der Waals surface area contributed by atoms with Gasteiger partial charge in [-0.15, -0.1) is 0 Å². The fraction of sp³-hybridized carbons (Fsp3) is 0.222. The highest BCUT2D eigenvalue weighted by molar-refractivity contribution is 5.79. The Balaban J connectivity index is 1.77. The molecule has 0 radical (unpaired) electrons. The van der Waals surface area contributed by atoms with Crippen LogP contribution in [0.1, 0.15) is 11.4 Å². The van der Waals surface area contributed by atoms with Gasteiger partial charge in [0.05, 0.1) is 18.1 Å². The van der Waals surface area contributed by atoms with Crippen molar-refractivity contribution in [3.8, 4) is 5.75 Å². The molecule has 0 aliphatic carbocycles. The molecule has 1 aromatic heterocycles. The Kier molecular flexibility index (Phi) is 5.02. The third-order valence-corrected chi connectivity index (χ3v) is 3.81. The number of carbonyl (C=O) groups is 1. The first-order valence-corrected chi connectivity index (χ1v) is 7.80. The lowest BCUT2D eigenvalue weighted by Gasteiger charge is -2.11. The molecule has 0 spiro atoms. The first-order valence-electron chi connectivity index (χ1n) is 7.80. The molecule has 0 aliphatic heterocycles. The number of halogens is 4. The molecule has 0 fully saturated rings. The molecule has 0 saturated carbocycles. The Morgan fingerprint density at radius 3 is 2.59 bits per heavy atom. The van der Waals surface area contributed by atoms with E-state index in [1.54, 1.807) is 12.1 Å². The summed E-state index contributed by atoms with van der Waals surface area (Å²) in [7, 11) is 1.31. The molecule has 0 saturated heterocycles. The molecule has 142 valence electrons. The predicted molar refractivity (Wildman–Crippen MR) is 87.5 cm³/mol. The second-order valence-electron chi connectivity index (χ2n) is 5.64. The number of nitrogens with zero attached hydrogens (tertiary/aromatic N) is 2. The molecule has 0 amide bonds. The fourth-order valence-electron chi connectivity index (χ4n) is 2.59. The number of benzene rings is 2. The molecule has 0 N–H and O–H groups in total. The minimum Gasteiger partial charge on any atom is -0.494 e. The van der Waals surface area contributed by atoms with Crippen molar-refractivity contribution in [2.45, 2.75) is 19.3 Å². The van der Waals surface area contributed by atoms with Crippen molar-refractivity contribution < 1.29 is 31.8 Å². The van der Waals surface area contributed by atoms with Crippen LogP contribution in [0.15, 0.2) is 42.5 Å². The standard InChI is InChI=1S/C18H14F4N2O3/c1-26-15-7-6-11(8-12(15)19)10-27-16(25)9-24-14-5-3-2-4-13(14)23-17(24)18(20,21)22/h2-8H,9-10H2,1H3. The number of hydrogen-bond acceptors (Lipinski definition) is 4. The second-order valence-corrected chi connectivity index (χ2v) is 5.64. The average molecular weight is 382 g/mol. The number of carbonyl (C=O) groups excluding carboxylic acids is 1. The van der Waals surface area contributed by atoms with Crippen molar-refractivity contribution in [1.82, 2.24) is 9.55 Å². The van der Waals surface area contributed by atoms with Crippen LogP contribution in [0.2, 0.25) is 0 Å². The highest BCUT2D eigenvalue weighted by Gasteiger charge is 2.38.